The Labute approximate surface area is 121 Å². The fourth-order valence-corrected chi connectivity index (χ4v) is 2.62. The molecule has 1 amide bonds. The van der Waals surface area contributed by atoms with Gasteiger partial charge in [-0.25, -0.2) is 0 Å². The van der Waals surface area contributed by atoms with Crippen molar-refractivity contribution in [3.05, 3.63) is 29.3 Å². The molecule has 1 N–H and O–H groups in total. The molecule has 0 bridgehead atoms. The third-order valence-corrected chi connectivity index (χ3v) is 3.89. The van der Waals surface area contributed by atoms with Gasteiger partial charge in [-0.15, -0.1) is 0 Å². The molecule has 2 rings (SSSR count). The van der Waals surface area contributed by atoms with Crippen LogP contribution in [0.3, 0.4) is 0 Å². The fourth-order valence-electron chi connectivity index (χ4n) is 2.62. The molecule has 1 aromatic carbocycles. The van der Waals surface area contributed by atoms with Crippen molar-refractivity contribution in [1.82, 2.24) is 10.2 Å². The van der Waals surface area contributed by atoms with Gasteiger partial charge in [0.25, 0.3) is 0 Å². The van der Waals surface area contributed by atoms with Gasteiger partial charge in [0.2, 0.25) is 5.91 Å². The summed E-state index contributed by atoms with van der Waals surface area (Å²) < 4.78 is 5.32. The van der Waals surface area contributed by atoms with Crippen LogP contribution in [-0.4, -0.2) is 36.5 Å². The third-order valence-electron chi connectivity index (χ3n) is 3.89. The number of nitrogens with one attached hydrogen (secondary N) is 1. The van der Waals surface area contributed by atoms with Gasteiger partial charge in [0.1, 0.15) is 5.75 Å². The first-order valence-corrected chi connectivity index (χ1v) is 7.20. The van der Waals surface area contributed by atoms with Gasteiger partial charge in [-0.3, -0.25) is 4.79 Å². The SMILES string of the molecule is COc1cc(CN[C@H]2CCN(C(C)C)C2=O)ccc1C. The molecule has 1 aromatic rings. The van der Waals surface area contributed by atoms with E-state index in [1.165, 1.54) is 0 Å². The maximum Gasteiger partial charge on any atom is 0.240 e. The molecule has 0 aromatic heterocycles. The summed E-state index contributed by atoms with van der Waals surface area (Å²) in [5, 5.41) is 3.36. The number of rotatable bonds is 5. The zero-order valence-corrected chi connectivity index (χ0v) is 12.8. The van der Waals surface area contributed by atoms with E-state index in [1.807, 2.05) is 24.0 Å². The van der Waals surface area contributed by atoms with E-state index in [1.54, 1.807) is 7.11 Å². The van der Waals surface area contributed by atoms with Crippen LogP contribution < -0.4 is 10.1 Å². The van der Waals surface area contributed by atoms with Crippen LogP contribution in [0.5, 0.6) is 5.75 Å². The van der Waals surface area contributed by atoms with Crippen molar-refractivity contribution < 1.29 is 9.53 Å². The van der Waals surface area contributed by atoms with Crippen molar-refractivity contribution >= 4 is 5.91 Å². The lowest BCUT2D eigenvalue weighted by Gasteiger charge is -2.21. The summed E-state index contributed by atoms with van der Waals surface area (Å²) in [5.74, 6) is 1.12. The molecule has 4 heteroatoms. The molecule has 1 saturated heterocycles. The van der Waals surface area contributed by atoms with Crippen molar-refractivity contribution in [3.8, 4) is 5.75 Å². The van der Waals surface area contributed by atoms with Crippen LogP contribution in [-0.2, 0) is 11.3 Å². The van der Waals surface area contributed by atoms with E-state index in [4.69, 9.17) is 4.74 Å². The molecule has 0 spiro atoms. The summed E-state index contributed by atoms with van der Waals surface area (Å²) in [5.41, 5.74) is 2.27. The average Bonchev–Trinajstić information content (AvgIpc) is 2.79. The number of nitrogens with zero attached hydrogens (tertiary/aromatic N) is 1. The number of ether oxygens (including phenoxy) is 1. The Balaban J connectivity index is 1.95. The van der Waals surface area contributed by atoms with Crippen LogP contribution >= 0.6 is 0 Å². The number of carbonyl (C=O) groups excluding carboxylic acids is 1. The molecule has 0 unspecified atom stereocenters. The molecular formula is C16H24N2O2. The number of methoxy groups -OCH3 is 1. The first kappa shape index (κ1) is 14.9. The van der Waals surface area contributed by atoms with Gasteiger partial charge in [0.05, 0.1) is 13.2 Å². The van der Waals surface area contributed by atoms with E-state index >= 15 is 0 Å². The number of amides is 1. The monoisotopic (exact) mass is 276 g/mol. The Morgan fingerprint density at radius 1 is 1.45 bits per heavy atom. The molecule has 1 atom stereocenters. The van der Waals surface area contributed by atoms with E-state index in [2.05, 4.69) is 25.2 Å². The van der Waals surface area contributed by atoms with E-state index in [0.717, 1.165) is 29.8 Å². The van der Waals surface area contributed by atoms with Crippen molar-refractivity contribution in [2.45, 2.75) is 45.8 Å². The molecule has 1 aliphatic rings. The minimum absolute atomic E-state index is 0.0512. The first-order chi connectivity index (χ1) is 9.52. The van der Waals surface area contributed by atoms with Gasteiger partial charge in [-0.05, 0) is 44.4 Å². The quantitative estimate of drug-likeness (QED) is 0.895. The number of likely N-dealkylation sites (tertiary alicyclic amines) is 1. The first-order valence-electron chi connectivity index (χ1n) is 7.20. The Hall–Kier alpha value is -1.55. The number of carbonyl (C=O) groups is 1. The van der Waals surface area contributed by atoms with Crippen LogP contribution in [0.25, 0.3) is 0 Å². The minimum Gasteiger partial charge on any atom is -0.496 e. The number of hydrogen-bond acceptors (Lipinski definition) is 3. The largest absolute Gasteiger partial charge is 0.496 e. The summed E-state index contributed by atoms with van der Waals surface area (Å²) in [6.07, 6.45) is 0.889. The smallest absolute Gasteiger partial charge is 0.240 e. The summed E-state index contributed by atoms with van der Waals surface area (Å²) in [4.78, 5) is 14.1. The number of benzene rings is 1. The van der Waals surface area contributed by atoms with E-state index in [-0.39, 0.29) is 18.0 Å². The zero-order chi connectivity index (χ0) is 14.7. The third kappa shape index (κ3) is 3.12. The second-order valence-electron chi connectivity index (χ2n) is 5.65. The van der Waals surface area contributed by atoms with Crippen molar-refractivity contribution in [2.75, 3.05) is 13.7 Å². The fraction of sp³-hybridized carbons (Fsp3) is 0.562. The van der Waals surface area contributed by atoms with Gasteiger partial charge < -0.3 is 15.0 Å². The molecule has 0 saturated carbocycles. The van der Waals surface area contributed by atoms with Crippen LogP contribution in [0.4, 0.5) is 0 Å². The van der Waals surface area contributed by atoms with Crippen LogP contribution in [0.1, 0.15) is 31.4 Å². The van der Waals surface area contributed by atoms with E-state index in [0.29, 0.717) is 6.54 Å². The molecule has 4 nitrogen and oxygen atoms in total. The van der Waals surface area contributed by atoms with Crippen molar-refractivity contribution in [1.29, 1.82) is 0 Å². The molecule has 110 valence electrons. The molecule has 1 fully saturated rings. The highest BCUT2D eigenvalue weighted by molar-refractivity contribution is 5.84. The summed E-state index contributed by atoms with van der Waals surface area (Å²) in [7, 11) is 1.68. The lowest BCUT2D eigenvalue weighted by atomic mass is 10.1. The Morgan fingerprint density at radius 2 is 2.20 bits per heavy atom. The summed E-state index contributed by atoms with van der Waals surface area (Å²) in [6, 6.07) is 6.39. The average molecular weight is 276 g/mol. The molecular weight excluding hydrogens is 252 g/mol. The highest BCUT2D eigenvalue weighted by atomic mass is 16.5. The molecule has 20 heavy (non-hydrogen) atoms. The second kappa shape index (κ2) is 6.27. The van der Waals surface area contributed by atoms with Gasteiger partial charge in [-0.1, -0.05) is 12.1 Å². The maximum atomic E-state index is 12.2. The second-order valence-corrected chi connectivity index (χ2v) is 5.65. The van der Waals surface area contributed by atoms with Gasteiger partial charge in [-0.2, -0.15) is 0 Å². The van der Waals surface area contributed by atoms with Crippen molar-refractivity contribution in [3.63, 3.8) is 0 Å². The predicted octanol–water partition coefficient (Wildman–Crippen LogP) is 2.10. The molecule has 1 aliphatic heterocycles. The zero-order valence-electron chi connectivity index (χ0n) is 12.8. The standard InChI is InChI=1S/C16H24N2O2/c1-11(2)18-8-7-14(16(18)19)17-10-13-6-5-12(3)15(9-13)20-4/h5-6,9,11,14,17H,7-8,10H2,1-4H3/t14-/m0/s1. The Bertz CT molecular complexity index is 485. The topological polar surface area (TPSA) is 41.6 Å². The lowest BCUT2D eigenvalue weighted by molar-refractivity contribution is -0.130. The number of hydrogen-bond donors (Lipinski definition) is 1. The normalized spacial score (nSPS) is 18.9. The van der Waals surface area contributed by atoms with Gasteiger partial charge in [0, 0.05) is 19.1 Å². The summed E-state index contributed by atoms with van der Waals surface area (Å²) >= 11 is 0. The molecule has 1 heterocycles. The summed E-state index contributed by atoms with van der Waals surface area (Å²) in [6.45, 7) is 7.69. The van der Waals surface area contributed by atoms with Crippen LogP contribution in [0.2, 0.25) is 0 Å². The Morgan fingerprint density at radius 3 is 2.80 bits per heavy atom. The highest BCUT2D eigenvalue weighted by Gasteiger charge is 2.32. The maximum absolute atomic E-state index is 12.2. The van der Waals surface area contributed by atoms with E-state index in [9.17, 15) is 4.79 Å². The minimum atomic E-state index is -0.0512. The lowest BCUT2D eigenvalue weighted by Crippen LogP contribution is -2.40. The van der Waals surface area contributed by atoms with Crippen LogP contribution in [0.15, 0.2) is 18.2 Å². The predicted molar refractivity (Wildman–Crippen MR) is 79.8 cm³/mol. The van der Waals surface area contributed by atoms with Crippen molar-refractivity contribution in [2.24, 2.45) is 0 Å². The Kier molecular flexibility index (Phi) is 4.65. The molecule has 0 aliphatic carbocycles. The highest BCUT2D eigenvalue weighted by Crippen LogP contribution is 2.20. The van der Waals surface area contributed by atoms with Gasteiger partial charge in [0.15, 0.2) is 0 Å². The number of aryl methyl sites for hydroxylation is 1. The molecule has 0 radical (unpaired) electrons. The van der Waals surface area contributed by atoms with E-state index < -0.39 is 0 Å². The van der Waals surface area contributed by atoms with Crippen LogP contribution in [0, 0.1) is 6.92 Å². The van der Waals surface area contributed by atoms with Gasteiger partial charge >= 0.3 is 0 Å².